The molecule has 0 amide bonds. The smallest absolute Gasteiger partial charge is 0.225 e. The van der Waals surface area contributed by atoms with Crippen molar-refractivity contribution in [3.63, 3.8) is 0 Å². The summed E-state index contributed by atoms with van der Waals surface area (Å²) in [7, 11) is -3.61. The third kappa shape index (κ3) is 4.42. The van der Waals surface area contributed by atoms with E-state index in [1.807, 2.05) is 12.1 Å². The van der Waals surface area contributed by atoms with Gasteiger partial charge in [0.2, 0.25) is 10.0 Å². The molecule has 0 saturated carbocycles. The molecule has 0 heterocycles. The van der Waals surface area contributed by atoms with Crippen molar-refractivity contribution in [2.45, 2.75) is 51.3 Å². The van der Waals surface area contributed by atoms with Gasteiger partial charge in [-0.15, -0.1) is 0 Å². The second-order valence-electron chi connectivity index (χ2n) is 5.19. The highest BCUT2D eigenvalue weighted by Crippen LogP contribution is 2.20. The number of rotatable bonds is 6. The first-order valence-corrected chi connectivity index (χ1v) is 8.03. The minimum atomic E-state index is -3.61. The van der Waals surface area contributed by atoms with Crippen molar-refractivity contribution in [1.29, 1.82) is 0 Å². The standard InChI is InChI=1S/C14H23NO2S/c1-4-5-6-13-10-12(9-11(2)3)7-8-14(13)18(15,16)17/h7-8,10-11H,4-6,9H2,1-3H3,(H2,15,16,17). The Balaban J connectivity index is 3.12. The molecule has 0 atom stereocenters. The number of nitrogens with two attached hydrogens (primary N) is 1. The van der Waals surface area contributed by atoms with Crippen LogP contribution in [0.1, 0.15) is 44.7 Å². The van der Waals surface area contributed by atoms with Gasteiger partial charge >= 0.3 is 0 Å². The van der Waals surface area contributed by atoms with Gasteiger partial charge in [0, 0.05) is 0 Å². The largest absolute Gasteiger partial charge is 0.238 e. The predicted octanol–water partition coefficient (Wildman–Crippen LogP) is 2.88. The minimum Gasteiger partial charge on any atom is -0.225 e. The summed E-state index contributed by atoms with van der Waals surface area (Å²) in [6.45, 7) is 6.40. The fourth-order valence-corrected chi connectivity index (χ4v) is 2.86. The summed E-state index contributed by atoms with van der Waals surface area (Å²) in [5, 5.41) is 5.25. The first kappa shape index (κ1) is 15.2. The predicted molar refractivity (Wildman–Crippen MR) is 75.0 cm³/mol. The third-order valence-corrected chi connectivity index (χ3v) is 3.89. The first-order chi connectivity index (χ1) is 8.34. The maximum Gasteiger partial charge on any atom is 0.238 e. The van der Waals surface area contributed by atoms with Crippen molar-refractivity contribution in [2.24, 2.45) is 11.1 Å². The Morgan fingerprint density at radius 3 is 2.44 bits per heavy atom. The molecule has 3 nitrogen and oxygen atoms in total. The number of hydrogen-bond donors (Lipinski definition) is 1. The zero-order chi connectivity index (χ0) is 13.8. The van der Waals surface area contributed by atoms with Crippen LogP contribution in [-0.2, 0) is 22.9 Å². The van der Waals surface area contributed by atoms with Crippen LogP contribution in [0.15, 0.2) is 23.1 Å². The highest BCUT2D eigenvalue weighted by Gasteiger charge is 2.14. The molecule has 0 saturated heterocycles. The highest BCUT2D eigenvalue weighted by molar-refractivity contribution is 7.89. The lowest BCUT2D eigenvalue weighted by Gasteiger charge is -2.11. The van der Waals surface area contributed by atoms with E-state index in [1.165, 1.54) is 5.56 Å². The molecular weight excluding hydrogens is 246 g/mol. The van der Waals surface area contributed by atoms with Crippen molar-refractivity contribution in [3.05, 3.63) is 29.3 Å². The molecular formula is C14H23NO2S. The molecule has 0 spiro atoms. The summed E-state index contributed by atoms with van der Waals surface area (Å²) in [6.07, 6.45) is 3.75. The summed E-state index contributed by atoms with van der Waals surface area (Å²) >= 11 is 0. The fraction of sp³-hybridized carbons (Fsp3) is 0.571. The van der Waals surface area contributed by atoms with E-state index in [2.05, 4.69) is 20.8 Å². The molecule has 0 aliphatic carbocycles. The molecule has 0 aromatic heterocycles. The molecule has 2 N–H and O–H groups in total. The van der Waals surface area contributed by atoms with Gasteiger partial charge < -0.3 is 0 Å². The van der Waals surface area contributed by atoms with Gasteiger partial charge in [-0.3, -0.25) is 0 Å². The lowest BCUT2D eigenvalue weighted by atomic mass is 9.99. The second-order valence-corrected chi connectivity index (χ2v) is 6.72. The molecule has 18 heavy (non-hydrogen) atoms. The highest BCUT2D eigenvalue weighted by atomic mass is 32.2. The van der Waals surface area contributed by atoms with Gasteiger partial charge in [0.15, 0.2) is 0 Å². The summed E-state index contributed by atoms with van der Waals surface area (Å²) in [5.74, 6) is 0.560. The van der Waals surface area contributed by atoms with E-state index in [0.29, 0.717) is 5.92 Å². The molecule has 1 aromatic rings. The Bertz CT molecular complexity index is 493. The van der Waals surface area contributed by atoms with Crippen LogP contribution < -0.4 is 5.14 Å². The van der Waals surface area contributed by atoms with Gasteiger partial charge in [0.1, 0.15) is 0 Å². The number of unbranched alkanes of at least 4 members (excludes halogenated alkanes) is 1. The number of benzene rings is 1. The fourth-order valence-electron chi connectivity index (χ4n) is 2.07. The normalized spacial score (nSPS) is 12.1. The van der Waals surface area contributed by atoms with Crippen molar-refractivity contribution >= 4 is 10.0 Å². The van der Waals surface area contributed by atoms with Crippen LogP contribution in [0.4, 0.5) is 0 Å². The Morgan fingerprint density at radius 2 is 1.94 bits per heavy atom. The van der Waals surface area contributed by atoms with Crippen LogP contribution in [0.3, 0.4) is 0 Å². The Morgan fingerprint density at radius 1 is 1.28 bits per heavy atom. The SMILES string of the molecule is CCCCc1cc(CC(C)C)ccc1S(N)(=O)=O. The van der Waals surface area contributed by atoms with E-state index in [-0.39, 0.29) is 4.90 Å². The molecule has 4 heteroatoms. The molecule has 0 aliphatic heterocycles. The zero-order valence-corrected chi connectivity index (χ0v) is 12.3. The average Bonchev–Trinajstić information content (AvgIpc) is 2.24. The van der Waals surface area contributed by atoms with Crippen molar-refractivity contribution in [1.82, 2.24) is 0 Å². The molecule has 0 bridgehead atoms. The van der Waals surface area contributed by atoms with Crippen LogP contribution in [0, 0.1) is 5.92 Å². The minimum absolute atomic E-state index is 0.281. The number of sulfonamides is 1. The molecule has 1 aromatic carbocycles. The van der Waals surface area contributed by atoms with E-state index < -0.39 is 10.0 Å². The summed E-state index contributed by atoms with van der Waals surface area (Å²) < 4.78 is 23.1. The third-order valence-electron chi connectivity index (χ3n) is 2.88. The summed E-state index contributed by atoms with van der Waals surface area (Å²) in [5.41, 5.74) is 2.04. The van der Waals surface area contributed by atoms with Gasteiger partial charge in [-0.25, -0.2) is 13.6 Å². The van der Waals surface area contributed by atoms with Gasteiger partial charge in [-0.05, 0) is 42.4 Å². The molecule has 0 radical (unpaired) electrons. The van der Waals surface area contributed by atoms with Gasteiger partial charge in [-0.1, -0.05) is 39.3 Å². The molecule has 102 valence electrons. The first-order valence-electron chi connectivity index (χ1n) is 6.49. The lowest BCUT2D eigenvalue weighted by molar-refractivity contribution is 0.595. The number of aryl methyl sites for hydroxylation is 1. The van der Waals surface area contributed by atoms with E-state index >= 15 is 0 Å². The van der Waals surface area contributed by atoms with E-state index in [1.54, 1.807) is 6.07 Å². The lowest BCUT2D eigenvalue weighted by Crippen LogP contribution is -2.15. The van der Waals surface area contributed by atoms with Crippen LogP contribution in [0.25, 0.3) is 0 Å². The van der Waals surface area contributed by atoms with Crippen molar-refractivity contribution in [2.75, 3.05) is 0 Å². The number of primary sulfonamides is 1. The second kappa shape index (κ2) is 6.34. The molecule has 0 aliphatic rings. The molecule has 1 rings (SSSR count). The summed E-state index contributed by atoms with van der Waals surface area (Å²) in [4.78, 5) is 0.281. The van der Waals surface area contributed by atoms with E-state index in [4.69, 9.17) is 5.14 Å². The maximum atomic E-state index is 11.5. The Hall–Kier alpha value is -0.870. The topological polar surface area (TPSA) is 60.2 Å². The zero-order valence-electron chi connectivity index (χ0n) is 11.4. The maximum absolute atomic E-state index is 11.5. The van der Waals surface area contributed by atoms with E-state index in [0.717, 1.165) is 31.2 Å². The molecule has 0 fully saturated rings. The average molecular weight is 269 g/mol. The van der Waals surface area contributed by atoms with Gasteiger partial charge in [0.05, 0.1) is 4.90 Å². The van der Waals surface area contributed by atoms with Gasteiger partial charge in [0.25, 0.3) is 0 Å². The van der Waals surface area contributed by atoms with Crippen LogP contribution in [0.5, 0.6) is 0 Å². The summed E-state index contributed by atoms with van der Waals surface area (Å²) in [6, 6.07) is 5.52. The Labute approximate surface area is 110 Å². The van der Waals surface area contributed by atoms with Crippen molar-refractivity contribution in [3.8, 4) is 0 Å². The monoisotopic (exact) mass is 269 g/mol. The van der Waals surface area contributed by atoms with E-state index in [9.17, 15) is 8.42 Å². The van der Waals surface area contributed by atoms with Gasteiger partial charge in [-0.2, -0.15) is 0 Å². The van der Waals surface area contributed by atoms with Crippen molar-refractivity contribution < 1.29 is 8.42 Å². The molecule has 0 unspecified atom stereocenters. The van der Waals surface area contributed by atoms with Crippen LogP contribution in [0.2, 0.25) is 0 Å². The number of hydrogen-bond acceptors (Lipinski definition) is 2. The van der Waals surface area contributed by atoms with Crippen LogP contribution in [-0.4, -0.2) is 8.42 Å². The quantitative estimate of drug-likeness (QED) is 0.863. The Kier molecular flexibility index (Phi) is 5.35. The van der Waals surface area contributed by atoms with Crippen LogP contribution >= 0.6 is 0 Å².